The maximum absolute atomic E-state index is 11.2. The van der Waals surface area contributed by atoms with E-state index in [1.807, 2.05) is 0 Å². The second-order valence-corrected chi connectivity index (χ2v) is 7.01. The third-order valence-corrected chi connectivity index (χ3v) is 5.90. The van der Waals surface area contributed by atoms with Crippen LogP contribution in [0.4, 0.5) is 0 Å². The number of hydrogen-bond donors (Lipinski definition) is 0. The molecular weight excluding hydrogens is 240 g/mol. The summed E-state index contributed by atoms with van der Waals surface area (Å²) in [6.07, 6.45) is 0.834. The van der Waals surface area contributed by atoms with Crippen molar-refractivity contribution < 1.29 is 8.42 Å². The highest BCUT2D eigenvalue weighted by Crippen LogP contribution is 2.36. The Labute approximate surface area is 82.8 Å². The zero-order chi connectivity index (χ0) is 9.41. The maximum atomic E-state index is 11.2. The van der Waals surface area contributed by atoms with Gasteiger partial charge in [0.05, 0.1) is 11.5 Å². The Kier molecular flexibility index (Phi) is 2.88. The van der Waals surface area contributed by atoms with E-state index in [1.165, 1.54) is 0 Å². The fraction of sp³-hybridized carbons (Fsp3) is 1.00. The van der Waals surface area contributed by atoms with Gasteiger partial charge in [0.15, 0.2) is 9.84 Å². The van der Waals surface area contributed by atoms with Crippen molar-refractivity contribution in [3.63, 3.8) is 0 Å². The molecule has 0 saturated carbocycles. The molecule has 0 radical (unpaired) electrons. The lowest BCUT2D eigenvalue weighted by molar-refractivity contribution is 0.277. The molecule has 0 amide bonds. The number of alkyl halides is 1. The van der Waals surface area contributed by atoms with Crippen LogP contribution in [-0.2, 0) is 9.84 Å². The van der Waals surface area contributed by atoms with Crippen LogP contribution in [0.2, 0.25) is 0 Å². The lowest BCUT2D eigenvalue weighted by atomic mass is 9.80. The minimum atomic E-state index is -2.71. The van der Waals surface area contributed by atoms with Crippen LogP contribution in [0.1, 0.15) is 20.3 Å². The topological polar surface area (TPSA) is 34.1 Å². The molecule has 1 atom stereocenters. The van der Waals surface area contributed by atoms with Crippen LogP contribution in [0, 0.1) is 11.3 Å². The highest BCUT2D eigenvalue weighted by Gasteiger charge is 2.37. The van der Waals surface area contributed by atoms with Gasteiger partial charge in [-0.1, -0.05) is 29.8 Å². The average molecular weight is 255 g/mol. The smallest absolute Gasteiger partial charge is 0.150 e. The summed E-state index contributed by atoms with van der Waals surface area (Å²) in [5.41, 5.74) is 0.115. The van der Waals surface area contributed by atoms with Crippen molar-refractivity contribution in [3.8, 4) is 0 Å². The molecule has 0 spiro atoms. The molecule has 0 N–H and O–H groups in total. The van der Waals surface area contributed by atoms with Crippen molar-refractivity contribution in [2.24, 2.45) is 11.3 Å². The molecule has 1 rings (SSSR count). The molecule has 1 saturated heterocycles. The molecule has 2 nitrogen and oxygen atoms in total. The fourth-order valence-electron chi connectivity index (χ4n) is 1.52. The van der Waals surface area contributed by atoms with E-state index in [0.29, 0.717) is 17.4 Å². The van der Waals surface area contributed by atoms with Gasteiger partial charge in [-0.3, -0.25) is 0 Å². The van der Waals surface area contributed by atoms with Crippen molar-refractivity contribution in [2.75, 3.05) is 16.8 Å². The lowest BCUT2D eigenvalue weighted by Crippen LogP contribution is -2.26. The molecule has 72 valence electrons. The number of hydrogen-bond acceptors (Lipinski definition) is 2. The summed E-state index contributed by atoms with van der Waals surface area (Å²) in [6.45, 7) is 4.24. The highest BCUT2D eigenvalue weighted by molar-refractivity contribution is 9.09. The summed E-state index contributed by atoms with van der Waals surface area (Å²) in [5, 5.41) is 0.875. The summed E-state index contributed by atoms with van der Waals surface area (Å²) >= 11 is 3.42. The molecule has 1 aliphatic heterocycles. The second-order valence-electron chi connectivity index (χ2n) is 4.22. The third kappa shape index (κ3) is 2.22. The van der Waals surface area contributed by atoms with Crippen molar-refractivity contribution in [3.05, 3.63) is 0 Å². The zero-order valence-electron chi connectivity index (χ0n) is 7.51. The van der Waals surface area contributed by atoms with Crippen LogP contribution in [-0.4, -0.2) is 25.3 Å². The van der Waals surface area contributed by atoms with Crippen LogP contribution < -0.4 is 0 Å². The Morgan fingerprint density at radius 3 is 2.42 bits per heavy atom. The van der Waals surface area contributed by atoms with Gasteiger partial charge in [0.25, 0.3) is 0 Å². The number of rotatable bonds is 2. The highest BCUT2D eigenvalue weighted by atomic mass is 79.9. The predicted octanol–water partition coefficient (Wildman–Crippen LogP) is 1.84. The molecule has 1 aliphatic rings. The van der Waals surface area contributed by atoms with Gasteiger partial charge in [0, 0.05) is 5.33 Å². The molecule has 0 bridgehead atoms. The maximum Gasteiger partial charge on any atom is 0.150 e. The first kappa shape index (κ1) is 10.5. The molecule has 0 aromatic rings. The van der Waals surface area contributed by atoms with E-state index in [-0.39, 0.29) is 5.41 Å². The zero-order valence-corrected chi connectivity index (χ0v) is 9.91. The predicted molar refractivity (Wildman–Crippen MR) is 54.3 cm³/mol. The molecule has 1 heterocycles. The molecule has 0 aromatic heterocycles. The van der Waals surface area contributed by atoms with E-state index >= 15 is 0 Å². The summed E-state index contributed by atoms with van der Waals surface area (Å²) in [5.74, 6) is 1.10. The Morgan fingerprint density at radius 2 is 2.08 bits per heavy atom. The quantitative estimate of drug-likeness (QED) is 0.705. The van der Waals surface area contributed by atoms with Gasteiger partial charge < -0.3 is 0 Å². The van der Waals surface area contributed by atoms with Crippen molar-refractivity contribution >= 4 is 25.8 Å². The van der Waals surface area contributed by atoms with Gasteiger partial charge in [-0.15, -0.1) is 0 Å². The van der Waals surface area contributed by atoms with E-state index in [9.17, 15) is 8.42 Å². The summed E-state index contributed by atoms with van der Waals surface area (Å²) < 4.78 is 22.4. The van der Waals surface area contributed by atoms with Gasteiger partial charge in [-0.2, -0.15) is 0 Å². The monoisotopic (exact) mass is 254 g/mol. The van der Waals surface area contributed by atoms with Crippen LogP contribution in [0.5, 0.6) is 0 Å². The van der Waals surface area contributed by atoms with Crippen molar-refractivity contribution in [2.45, 2.75) is 20.3 Å². The number of halogens is 1. The van der Waals surface area contributed by atoms with Crippen LogP contribution in [0.15, 0.2) is 0 Å². The minimum Gasteiger partial charge on any atom is -0.229 e. The van der Waals surface area contributed by atoms with Crippen molar-refractivity contribution in [1.29, 1.82) is 0 Å². The SMILES string of the molecule is CC(C)(CBr)C1CCS(=O)(=O)C1. The van der Waals surface area contributed by atoms with Crippen LogP contribution in [0.3, 0.4) is 0 Å². The standard InChI is InChI=1S/C8H15BrO2S/c1-8(2,6-9)7-3-4-12(10,11)5-7/h7H,3-6H2,1-2H3. The van der Waals surface area contributed by atoms with Crippen LogP contribution in [0.25, 0.3) is 0 Å². The van der Waals surface area contributed by atoms with E-state index in [1.54, 1.807) is 0 Å². The molecule has 0 aromatic carbocycles. The van der Waals surface area contributed by atoms with Gasteiger partial charge in [-0.05, 0) is 17.8 Å². The van der Waals surface area contributed by atoms with E-state index in [0.717, 1.165) is 11.8 Å². The normalized spacial score (nSPS) is 29.1. The molecule has 12 heavy (non-hydrogen) atoms. The molecule has 0 aliphatic carbocycles. The van der Waals surface area contributed by atoms with E-state index in [4.69, 9.17) is 0 Å². The summed E-state index contributed by atoms with van der Waals surface area (Å²) in [4.78, 5) is 0. The third-order valence-electron chi connectivity index (χ3n) is 2.68. The Morgan fingerprint density at radius 1 is 1.50 bits per heavy atom. The summed E-state index contributed by atoms with van der Waals surface area (Å²) in [7, 11) is -2.71. The number of sulfone groups is 1. The van der Waals surface area contributed by atoms with Gasteiger partial charge in [0.2, 0.25) is 0 Å². The van der Waals surface area contributed by atoms with E-state index < -0.39 is 9.84 Å². The van der Waals surface area contributed by atoms with Gasteiger partial charge in [-0.25, -0.2) is 8.42 Å². The Bertz CT molecular complexity index is 256. The lowest BCUT2D eigenvalue weighted by Gasteiger charge is -2.28. The van der Waals surface area contributed by atoms with Gasteiger partial charge >= 0.3 is 0 Å². The summed E-state index contributed by atoms with van der Waals surface area (Å²) in [6, 6.07) is 0. The van der Waals surface area contributed by atoms with Gasteiger partial charge in [0.1, 0.15) is 0 Å². The Balaban J connectivity index is 2.70. The minimum absolute atomic E-state index is 0.115. The molecule has 1 unspecified atom stereocenters. The molecule has 4 heteroatoms. The largest absolute Gasteiger partial charge is 0.229 e. The molecule has 1 fully saturated rings. The average Bonchev–Trinajstić information content (AvgIpc) is 2.31. The first-order valence-corrected chi connectivity index (χ1v) is 7.08. The van der Waals surface area contributed by atoms with E-state index in [2.05, 4.69) is 29.8 Å². The first-order valence-electron chi connectivity index (χ1n) is 4.14. The second kappa shape index (κ2) is 3.29. The van der Waals surface area contributed by atoms with Crippen LogP contribution >= 0.6 is 15.9 Å². The Hall–Kier alpha value is 0.430. The fourth-order valence-corrected chi connectivity index (χ4v) is 4.02. The molecular formula is C8H15BrO2S. The van der Waals surface area contributed by atoms with Crippen molar-refractivity contribution in [1.82, 2.24) is 0 Å². The first-order chi connectivity index (χ1) is 5.37.